The first-order valence-corrected chi connectivity index (χ1v) is 7.04. The molecule has 0 unspecified atom stereocenters. The van der Waals surface area contributed by atoms with Gasteiger partial charge >= 0.3 is 0 Å². The van der Waals surface area contributed by atoms with E-state index in [0.29, 0.717) is 6.54 Å². The highest BCUT2D eigenvalue weighted by molar-refractivity contribution is 9.10. The zero-order valence-electron chi connectivity index (χ0n) is 10.6. The second-order valence-corrected chi connectivity index (χ2v) is 5.69. The summed E-state index contributed by atoms with van der Waals surface area (Å²) in [5, 5.41) is 0. The molecule has 0 saturated carbocycles. The average molecular weight is 320 g/mol. The molecule has 0 radical (unpaired) electrons. The number of hydrogen-bond donors (Lipinski definition) is 0. The van der Waals surface area contributed by atoms with Gasteiger partial charge in [-0.15, -0.1) is 0 Å². The SMILES string of the molecule is Cc1cccn(Cc2cc(Br)cc3c2OCC3)c1=O. The zero-order chi connectivity index (χ0) is 13.4. The van der Waals surface area contributed by atoms with Gasteiger partial charge in [-0.3, -0.25) is 4.79 Å². The molecule has 1 aliphatic heterocycles. The van der Waals surface area contributed by atoms with E-state index in [1.54, 1.807) is 4.57 Å². The van der Waals surface area contributed by atoms with Crippen molar-refractivity contribution in [3.63, 3.8) is 0 Å². The molecule has 98 valence electrons. The third-order valence-corrected chi connectivity index (χ3v) is 3.83. The zero-order valence-corrected chi connectivity index (χ0v) is 12.2. The maximum Gasteiger partial charge on any atom is 0.253 e. The summed E-state index contributed by atoms with van der Waals surface area (Å²) in [7, 11) is 0. The van der Waals surface area contributed by atoms with Crippen molar-refractivity contribution >= 4 is 15.9 Å². The van der Waals surface area contributed by atoms with Gasteiger partial charge in [-0.25, -0.2) is 0 Å². The summed E-state index contributed by atoms with van der Waals surface area (Å²) >= 11 is 3.52. The van der Waals surface area contributed by atoms with Crippen LogP contribution in [0.1, 0.15) is 16.7 Å². The van der Waals surface area contributed by atoms with Gasteiger partial charge < -0.3 is 9.30 Å². The highest BCUT2D eigenvalue weighted by atomic mass is 79.9. The molecular weight excluding hydrogens is 306 g/mol. The number of fused-ring (bicyclic) bond motifs is 1. The van der Waals surface area contributed by atoms with Crippen LogP contribution < -0.4 is 10.3 Å². The van der Waals surface area contributed by atoms with Crippen LogP contribution in [-0.4, -0.2) is 11.2 Å². The Bertz CT molecular complexity index is 691. The van der Waals surface area contributed by atoms with Crippen molar-refractivity contribution in [2.45, 2.75) is 19.9 Å². The number of pyridine rings is 1. The second kappa shape index (κ2) is 4.85. The Hall–Kier alpha value is -1.55. The lowest BCUT2D eigenvalue weighted by atomic mass is 10.1. The molecule has 3 rings (SSSR count). The number of benzene rings is 1. The van der Waals surface area contributed by atoms with Crippen LogP contribution in [0.25, 0.3) is 0 Å². The Kier molecular flexibility index (Phi) is 3.19. The van der Waals surface area contributed by atoms with Crippen LogP contribution in [0.3, 0.4) is 0 Å². The maximum atomic E-state index is 12.1. The van der Waals surface area contributed by atoms with Crippen molar-refractivity contribution in [2.75, 3.05) is 6.61 Å². The first-order valence-electron chi connectivity index (χ1n) is 6.25. The fourth-order valence-corrected chi connectivity index (χ4v) is 2.98. The summed E-state index contributed by atoms with van der Waals surface area (Å²) < 4.78 is 8.45. The Morgan fingerprint density at radius 1 is 1.42 bits per heavy atom. The lowest BCUT2D eigenvalue weighted by Gasteiger charge is -2.11. The van der Waals surface area contributed by atoms with Crippen LogP contribution in [0.5, 0.6) is 5.75 Å². The molecule has 0 aliphatic carbocycles. The van der Waals surface area contributed by atoms with Gasteiger partial charge in [0.2, 0.25) is 0 Å². The quantitative estimate of drug-likeness (QED) is 0.852. The lowest BCUT2D eigenvalue weighted by molar-refractivity contribution is 0.352. The van der Waals surface area contributed by atoms with Crippen LogP contribution >= 0.6 is 15.9 Å². The molecule has 0 spiro atoms. The smallest absolute Gasteiger partial charge is 0.253 e. The normalized spacial score (nSPS) is 13.2. The van der Waals surface area contributed by atoms with Crippen LogP contribution in [-0.2, 0) is 13.0 Å². The van der Waals surface area contributed by atoms with E-state index < -0.39 is 0 Å². The summed E-state index contributed by atoms with van der Waals surface area (Å²) in [5.74, 6) is 0.941. The Morgan fingerprint density at radius 2 is 2.26 bits per heavy atom. The fraction of sp³-hybridized carbons (Fsp3) is 0.267. The van der Waals surface area contributed by atoms with Crippen LogP contribution in [0.4, 0.5) is 0 Å². The topological polar surface area (TPSA) is 31.2 Å². The van der Waals surface area contributed by atoms with Crippen LogP contribution in [0.15, 0.2) is 39.7 Å². The van der Waals surface area contributed by atoms with Gasteiger partial charge in [0.15, 0.2) is 0 Å². The first-order chi connectivity index (χ1) is 9.15. The third kappa shape index (κ3) is 2.32. The number of ether oxygens (including phenoxy) is 1. The predicted molar refractivity (Wildman–Crippen MR) is 77.9 cm³/mol. The number of aryl methyl sites for hydroxylation is 1. The number of hydrogen-bond acceptors (Lipinski definition) is 2. The molecule has 0 saturated heterocycles. The van der Waals surface area contributed by atoms with E-state index in [0.717, 1.165) is 34.4 Å². The predicted octanol–water partition coefficient (Wildman–Crippen LogP) is 2.90. The molecule has 1 aliphatic rings. The van der Waals surface area contributed by atoms with Gasteiger partial charge in [-0.1, -0.05) is 22.0 Å². The van der Waals surface area contributed by atoms with Gasteiger partial charge in [-0.2, -0.15) is 0 Å². The number of aromatic nitrogens is 1. The van der Waals surface area contributed by atoms with E-state index in [4.69, 9.17) is 4.74 Å². The summed E-state index contributed by atoms with van der Waals surface area (Å²) in [6, 6.07) is 7.85. The van der Waals surface area contributed by atoms with Crippen molar-refractivity contribution in [1.82, 2.24) is 4.57 Å². The first kappa shape index (κ1) is 12.5. The van der Waals surface area contributed by atoms with Crippen molar-refractivity contribution in [3.8, 4) is 5.75 Å². The van der Waals surface area contributed by atoms with Crippen molar-refractivity contribution in [3.05, 3.63) is 62.0 Å². The summed E-state index contributed by atoms with van der Waals surface area (Å²) in [4.78, 5) is 12.1. The Morgan fingerprint density at radius 3 is 3.11 bits per heavy atom. The Balaban J connectivity index is 2.05. The van der Waals surface area contributed by atoms with E-state index in [9.17, 15) is 4.79 Å². The molecule has 19 heavy (non-hydrogen) atoms. The minimum Gasteiger partial charge on any atom is -0.493 e. The maximum absolute atomic E-state index is 12.1. The molecule has 1 aromatic heterocycles. The fourth-order valence-electron chi connectivity index (χ4n) is 2.43. The van der Waals surface area contributed by atoms with Crippen LogP contribution in [0, 0.1) is 6.92 Å². The highest BCUT2D eigenvalue weighted by Gasteiger charge is 2.17. The molecule has 2 heterocycles. The Labute approximate surface area is 120 Å². The molecule has 1 aromatic carbocycles. The molecule has 2 aromatic rings. The van der Waals surface area contributed by atoms with Gasteiger partial charge in [0.1, 0.15) is 5.75 Å². The summed E-state index contributed by atoms with van der Waals surface area (Å²) in [6.07, 6.45) is 2.75. The molecule has 4 heteroatoms. The summed E-state index contributed by atoms with van der Waals surface area (Å²) in [5.41, 5.74) is 3.07. The minimum atomic E-state index is 0.0502. The van der Waals surface area contributed by atoms with E-state index in [1.807, 2.05) is 31.3 Å². The van der Waals surface area contributed by atoms with Crippen molar-refractivity contribution in [1.29, 1.82) is 0 Å². The molecular formula is C15H14BrNO2. The van der Waals surface area contributed by atoms with Crippen LogP contribution in [0.2, 0.25) is 0 Å². The highest BCUT2D eigenvalue weighted by Crippen LogP contribution is 2.33. The molecule has 3 nitrogen and oxygen atoms in total. The molecule has 0 amide bonds. The van der Waals surface area contributed by atoms with E-state index in [1.165, 1.54) is 5.56 Å². The number of rotatable bonds is 2. The van der Waals surface area contributed by atoms with E-state index >= 15 is 0 Å². The van der Waals surface area contributed by atoms with Gasteiger partial charge in [0.25, 0.3) is 5.56 Å². The van der Waals surface area contributed by atoms with E-state index in [-0.39, 0.29) is 5.56 Å². The van der Waals surface area contributed by atoms with Crippen molar-refractivity contribution < 1.29 is 4.74 Å². The summed E-state index contributed by atoms with van der Waals surface area (Å²) in [6.45, 7) is 3.10. The average Bonchev–Trinajstić information content (AvgIpc) is 2.83. The largest absolute Gasteiger partial charge is 0.493 e. The monoisotopic (exact) mass is 319 g/mol. The number of nitrogens with zero attached hydrogens (tertiary/aromatic N) is 1. The third-order valence-electron chi connectivity index (χ3n) is 3.38. The van der Waals surface area contributed by atoms with Gasteiger partial charge in [0.05, 0.1) is 13.2 Å². The van der Waals surface area contributed by atoms with Crippen molar-refractivity contribution in [2.24, 2.45) is 0 Å². The van der Waals surface area contributed by atoms with E-state index in [2.05, 4.69) is 22.0 Å². The second-order valence-electron chi connectivity index (χ2n) is 4.78. The molecule has 0 fully saturated rings. The molecule has 0 N–H and O–H groups in total. The molecule has 0 bridgehead atoms. The lowest BCUT2D eigenvalue weighted by Crippen LogP contribution is -2.21. The number of halogens is 1. The minimum absolute atomic E-state index is 0.0502. The molecule has 0 atom stereocenters. The standard InChI is InChI=1S/C15H14BrNO2/c1-10-3-2-5-17(15(10)18)9-12-8-13(16)7-11-4-6-19-14(11)12/h2-3,5,7-8H,4,6,9H2,1H3. The van der Waals surface area contributed by atoms with Gasteiger partial charge in [-0.05, 0) is 30.7 Å². The van der Waals surface area contributed by atoms with Gasteiger partial charge in [0, 0.05) is 28.2 Å².